The van der Waals surface area contributed by atoms with Crippen LogP contribution in [0.15, 0.2) is 60.1 Å². The maximum atomic E-state index is 12.9. The number of thioether (sulfide) groups is 1. The molecule has 0 radical (unpaired) electrons. The van der Waals surface area contributed by atoms with E-state index in [0.717, 1.165) is 42.4 Å². The van der Waals surface area contributed by atoms with Gasteiger partial charge >= 0.3 is 0 Å². The second kappa shape index (κ2) is 20.9. The quantitative estimate of drug-likeness (QED) is 0.136. The van der Waals surface area contributed by atoms with E-state index in [-0.39, 0.29) is 22.9 Å². The van der Waals surface area contributed by atoms with Gasteiger partial charge < -0.3 is 14.5 Å². The predicted molar refractivity (Wildman–Crippen MR) is 178 cm³/mol. The minimum atomic E-state index is 0. The SMILES string of the molecule is Br.CCCCCCCCCCCCCCOc1cccc(CN(C(=O)CC)c2cccc(CN3C=CSC3)c2)c1. The zero-order chi connectivity index (χ0) is 27.5. The van der Waals surface area contributed by atoms with Crippen molar-refractivity contribution in [2.75, 3.05) is 17.4 Å². The molecule has 0 N–H and O–H groups in total. The van der Waals surface area contributed by atoms with Crippen molar-refractivity contribution in [3.8, 4) is 5.75 Å². The highest BCUT2D eigenvalue weighted by atomic mass is 79.9. The minimum absolute atomic E-state index is 0. The van der Waals surface area contributed by atoms with E-state index in [2.05, 4.69) is 53.8 Å². The van der Waals surface area contributed by atoms with Gasteiger partial charge in [-0.15, -0.1) is 28.7 Å². The van der Waals surface area contributed by atoms with Crippen molar-refractivity contribution < 1.29 is 9.53 Å². The van der Waals surface area contributed by atoms with Gasteiger partial charge in [-0.1, -0.05) is 109 Å². The van der Waals surface area contributed by atoms with E-state index in [1.54, 1.807) is 0 Å². The Bertz CT molecular complexity index is 999. The summed E-state index contributed by atoms with van der Waals surface area (Å²) in [5.74, 6) is 2.01. The number of hydrogen-bond donors (Lipinski definition) is 0. The fourth-order valence-corrected chi connectivity index (χ4v) is 5.74. The lowest BCUT2D eigenvalue weighted by atomic mass is 10.1. The Balaban J connectivity index is 0.00000560. The van der Waals surface area contributed by atoms with Crippen molar-refractivity contribution >= 4 is 40.3 Å². The number of hydrogen-bond acceptors (Lipinski definition) is 4. The zero-order valence-corrected chi connectivity index (χ0v) is 27.4. The fraction of sp³-hybridized carbons (Fsp3) is 0.559. The van der Waals surface area contributed by atoms with E-state index in [9.17, 15) is 4.79 Å². The molecule has 0 aliphatic carbocycles. The Morgan fingerprint density at radius 3 is 2.15 bits per heavy atom. The normalized spacial score (nSPS) is 12.4. The molecule has 0 atom stereocenters. The smallest absolute Gasteiger partial charge is 0.227 e. The molecule has 4 nitrogen and oxygen atoms in total. The first kappa shape index (κ1) is 34.3. The topological polar surface area (TPSA) is 32.8 Å². The average molecular weight is 632 g/mol. The molecule has 0 aromatic heterocycles. The summed E-state index contributed by atoms with van der Waals surface area (Å²) in [5.41, 5.74) is 3.26. The molecular weight excluding hydrogens is 580 g/mol. The highest BCUT2D eigenvalue weighted by Crippen LogP contribution is 2.24. The summed E-state index contributed by atoms with van der Waals surface area (Å²) in [6.45, 7) is 6.37. The Kier molecular flexibility index (Phi) is 17.9. The van der Waals surface area contributed by atoms with Gasteiger partial charge in [-0.05, 0) is 47.2 Å². The van der Waals surface area contributed by atoms with E-state index < -0.39 is 0 Å². The molecule has 1 aliphatic rings. The fourth-order valence-electron chi connectivity index (χ4n) is 5.03. The van der Waals surface area contributed by atoms with Crippen LogP contribution in [0.2, 0.25) is 0 Å². The summed E-state index contributed by atoms with van der Waals surface area (Å²) in [6, 6.07) is 16.6. The monoisotopic (exact) mass is 630 g/mol. The molecule has 0 saturated heterocycles. The Hall–Kier alpha value is -1.92. The molecule has 0 bridgehead atoms. The summed E-state index contributed by atoms with van der Waals surface area (Å²) in [7, 11) is 0. The highest BCUT2D eigenvalue weighted by molar-refractivity contribution is 8.93. The molecule has 0 saturated carbocycles. The van der Waals surface area contributed by atoms with Crippen molar-refractivity contribution in [3.63, 3.8) is 0 Å². The van der Waals surface area contributed by atoms with Gasteiger partial charge in [0.15, 0.2) is 0 Å². The maximum Gasteiger partial charge on any atom is 0.227 e. The molecular formula is C34H51BrN2O2S. The van der Waals surface area contributed by atoms with Crippen molar-refractivity contribution in [3.05, 3.63) is 71.3 Å². The Labute approximate surface area is 258 Å². The second-order valence-electron chi connectivity index (χ2n) is 10.7. The van der Waals surface area contributed by atoms with Crippen molar-refractivity contribution in [2.45, 2.75) is 110 Å². The van der Waals surface area contributed by atoms with Gasteiger partial charge in [0.1, 0.15) is 5.75 Å². The molecule has 1 amide bonds. The van der Waals surface area contributed by atoms with Gasteiger partial charge in [0.25, 0.3) is 0 Å². The molecule has 0 unspecified atom stereocenters. The molecule has 1 heterocycles. The van der Waals surface area contributed by atoms with Gasteiger partial charge in [-0.25, -0.2) is 0 Å². The predicted octanol–water partition coefficient (Wildman–Crippen LogP) is 10.3. The number of carbonyl (C=O) groups excluding carboxylic acids is 1. The lowest BCUT2D eigenvalue weighted by Crippen LogP contribution is -2.29. The summed E-state index contributed by atoms with van der Waals surface area (Å²) in [6.07, 6.45) is 18.8. The van der Waals surface area contributed by atoms with Crippen molar-refractivity contribution in [1.82, 2.24) is 4.90 Å². The first-order chi connectivity index (χ1) is 19.2. The number of nitrogens with zero attached hydrogens (tertiary/aromatic N) is 2. The summed E-state index contributed by atoms with van der Waals surface area (Å²) >= 11 is 1.81. The number of halogens is 1. The molecule has 3 rings (SSSR count). The molecule has 1 aliphatic heterocycles. The van der Waals surface area contributed by atoms with Crippen LogP contribution in [0.4, 0.5) is 5.69 Å². The van der Waals surface area contributed by atoms with E-state index in [1.807, 2.05) is 41.8 Å². The summed E-state index contributed by atoms with van der Waals surface area (Å²) < 4.78 is 6.09. The largest absolute Gasteiger partial charge is 0.494 e. The van der Waals surface area contributed by atoms with Crippen LogP contribution in [0.1, 0.15) is 108 Å². The molecule has 40 heavy (non-hydrogen) atoms. The molecule has 2 aromatic rings. The van der Waals surface area contributed by atoms with Crippen LogP contribution in [0.5, 0.6) is 5.75 Å². The second-order valence-corrected chi connectivity index (χ2v) is 11.6. The highest BCUT2D eigenvalue weighted by Gasteiger charge is 2.16. The first-order valence-corrected chi connectivity index (χ1v) is 16.4. The standard InChI is InChI=1S/C34H50N2O2S.BrH/c1-3-5-6-7-8-9-10-11-12-13-14-15-23-38-33-21-17-19-31(26-33)28-36(34(37)4-2)32-20-16-18-30(25-32)27-35-22-24-39-29-35;/h16-22,24-26H,3-15,23,27-29H2,1-2H3;1H. The van der Waals surface area contributed by atoms with E-state index in [0.29, 0.717) is 13.0 Å². The van der Waals surface area contributed by atoms with Crippen molar-refractivity contribution in [2.24, 2.45) is 0 Å². The summed E-state index contributed by atoms with van der Waals surface area (Å²) in [4.78, 5) is 17.1. The minimum Gasteiger partial charge on any atom is -0.494 e. The van der Waals surface area contributed by atoms with Gasteiger partial charge in [0, 0.05) is 24.9 Å². The first-order valence-electron chi connectivity index (χ1n) is 15.3. The number of rotatable bonds is 20. The zero-order valence-electron chi connectivity index (χ0n) is 24.8. The molecule has 0 spiro atoms. The van der Waals surface area contributed by atoms with E-state index in [4.69, 9.17) is 4.74 Å². The number of unbranched alkanes of at least 4 members (excludes halogenated alkanes) is 11. The van der Waals surface area contributed by atoms with Crippen LogP contribution in [0, 0.1) is 0 Å². The Morgan fingerprint density at radius 2 is 1.50 bits per heavy atom. The lowest BCUT2D eigenvalue weighted by molar-refractivity contribution is -0.118. The number of benzene rings is 2. The third-order valence-corrected chi connectivity index (χ3v) is 8.12. The third kappa shape index (κ3) is 13.2. The third-order valence-electron chi connectivity index (χ3n) is 7.33. The van der Waals surface area contributed by atoms with Crippen molar-refractivity contribution in [1.29, 1.82) is 0 Å². The van der Waals surface area contributed by atoms with Gasteiger partial charge in [0.2, 0.25) is 5.91 Å². The number of ether oxygens (including phenoxy) is 1. The van der Waals surface area contributed by atoms with E-state index in [1.165, 1.54) is 76.2 Å². The summed E-state index contributed by atoms with van der Waals surface area (Å²) in [5, 5.41) is 2.13. The number of anilines is 1. The van der Waals surface area contributed by atoms with Crippen LogP contribution in [0.25, 0.3) is 0 Å². The van der Waals surface area contributed by atoms with Crippen LogP contribution < -0.4 is 9.64 Å². The van der Waals surface area contributed by atoms with Gasteiger partial charge in [0.05, 0.1) is 19.0 Å². The molecule has 222 valence electrons. The van der Waals surface area contributed by atoms with Gasteiger partial charge in [-0.3, -0.25) is 4.79 Å². The lowest BCUT2D eigenvalue weighted by Gasteiger charge is -2.24. The van der Waals surface area contributed by atoms with Crippen LogP contribution >= 0.6 is 28.7 Å². The van der Waals surface area contributed by atoms with Gasteiger partial charge in [-0.2, -0.15) is 0 Å². The molecule has 6 heteroatoms. The number of amides is 1. The van der Waals surface area contributed by atoms with E-state index >= 15 is 0 Å². The number of carbonyl (C=O) groups is 1. The maximum absolute atomic E-state index is 12.9. The van der Waals surface area contributed by atoms with Crippen LogP contribution in [-0.4, -0.2) is 23.3 Å². The molecule has 0 fully saturated rings. The van der Waals surface area contributed by atoms with Crippen LogP contribution in [-0.2, 0) is 17.9 Å². The Morgan fingerprint density at radius 1 is 0.850 bits per heavy atom. The molecule has 2 aromatic carbocycles. The average Bonchev–Trinajstić information content (AvgIpc) is 3.47. The van der Waals surface area contributed by atoms with Crippen LogP contribution in [0.3, 0.4) is 0 Å².